The van der Waals surface area contributed by atoms with Gasteiger partial charge in [0.05, 0.1) is 5.51 Å². The average molecular weight is 209 g/mol. The lowest BCUT2D eigenvalue weighted by molar-refractivity contribution is 0.260. The minimum atomic E-state index is 0.817. The molecular weight excluding hydrogens is 190 g/mol. The van der Waals surface area contributed by atoms with Crippen LogP contribution in [0.5, 0.6) is 0 Å². The smallest absolute Gasteiger partial charge is 0.0794 e. The molecule has 1 nitrogen and oxygen atoms in total. The summed E-state index contributed by atoms with van der Waals surface area (Å²) in [6.07, 6.45) is 7.65. The third-order valence-electron chi connectivity index (χ3n) is 3.57. The van der Waals surface area contributed by atoms with Crippen molar-refractivity contribution in [2.24, 2.45) is 11.8 Å². The van der Waals surface area contributed by atoms with Crippen LogP contribution in [0.25, 0.3) is 0 Å². The summed E-state index contributed by atoms with van der Waals surface area (Å²) < 4.78 is 0. The SMILES string of the molecule is CC(C)C1CCC(c2cncs2)CC1. The van der Waals surface area contributed by atoms with Gasteiger partial charge in [0.2, 0.25) is 0 Å². The van der Waals surface area contributed by atoms with E-state index in [4.69, 9.17) is 0 Å². The maximum Gasteiger partial charge on any atom is 0.0794 e. The van der Waals surface area contributed by atoms with Crippen molar-refractivity contribution < 1.29 is 0 Å². The lowest BCUT2D eigenvalue weighted by Gasteiger charge is -2.30. The van der Waals surface area contributed by atoms with Gasteiger partial charge in [0.25, 0.3) is 0 Å². The molecule has 2 heteroatoms. The van der Waals surface area contributed by atoms with E-state index in [1.807, 2.05) is 16.8 Å². The highest BCUT2D eigenvalue weighted by Gasteiger charge is 2.24. The monoisotopic (exact) mass is 209 g/mol. The second kappa shape index (κ2) is 4.43. The van der Waals surface area contributed by atoms with Crippen molar-refractivity contribution in [3.63, 3.8) is 0 Å². The van der Waals surface area contributed by atoms with Crippen molar-refractivity contribution >= 4 is 11.3 Å². The average Bonchev–Trinajstić information content (AvgIpc) is 2.71. The third-order valence-corrected chi connectivity index (χ3v) is 4.51. The minimum absolute atomic E-state index is 0.817. The zero-order valence-electron chi connectivity index (χ0n) is 9.07. The lowest BCUT2D eigenvalue weighted by Crippen LogP contribution is -2.17. The van der Waals surface area contributed by atoms with Gasteiger partial charge in [-0.2, -0.15) is 0 Å². The van der Waals surface area contributed by atoms with Gasteiger partial charge < -0.3 is 0 Å². The Hall–Kier alpha value is -0.370. The molecule has 0 N–H and O–H groups in total. The first kappa shape index (κ1) is 10.2. The van der Waals surface area contributed by atoms with Crippen molar-refractivity contribution in [2.75, 3.05) is 0 Å². The Bertz CT molecular complexity index is 258. The highest BCUT2D eigenvalue weighted by atomic mass is 32.1. The first-order chi connectivity index (χ1) is 6.77. The van der Waals surface area contributed by atoms with Crippen LogP contribution in [0.4, 0.5) is 0 Å². The van der Waals surface area contributed by atoms with Crippen LogP contribution >= 0.6 is 11.3 Å². The van der Waals surface area contributed by atoms with E-state index in [2.05, 4.69) is 25.0 Å². The number of thiazole rings is 1. The second-order valence-corrected chi connectivity index (χ2v) is 5.68. The number of aromatic nitrogens is 1. The van der Waals surface area contributed by atoms with Gasteiger partial charge in [-0.3, -0.25) is 4.98 Å². The van der Waals surface area contributed by atoms with Crippen LogP contribution in [0.3, 0.4) is 0 Å². The normalized spacial score (nSPS) is 28.2. The van der Waals surface area contributed by atoms with Crippen molar-refractivity contribution in [1.82, 2.24) is 4.98 Å². The Morgan fingerprint density at radius 3 is 2.50 bits per heavy atom. The van der Waals surface area contributed by atoms with E-state index < -0.39 is 0 Å². The summed E-state index contributed by atoms with van der Waals surface area (Å²) in [5.41, 5.74) is 1.96. The van der Waals surface area contributed by atoms with E-state index in [-0.39, 0.29) is 0 Å². The standard InChI is InChI=1S/C12H19NS/c1-9(2)10-3-5-11(6-4-10)12-7-13-8-14-12/h7-11H,3-6H2,1-2H3. The van der Waals surface area contributed by atoms with Crippen molar-refractivity contribution in [3.05, 3.63) is 16.6 Å². The molecule has 2 rings (SSSR count). The van der Waals surface area contributed by atoms with E-state index in [9.17, 15) is 0 Å². The molecule has 78 valence electrons. The molecule has 1 aliphatic carbocycles. The fourth-order valence-electron chi connectivity index (χ4n) is 2.50. The predicted octanol–water partition coefficient (Wildman–Crippen LogP) is 4.07. The van der Waals surface area contributed by atoms with Gasteiger partial charge >= 0.3 is 0 Å². The molecule has 0 atom stereocenters. The quantitative estimate of drug-likeness (QED) is 0.715. The molecule has 0 aromatic carbocycles. The maximum atomic E-state index is 4.17. The fourth-order valence-corrected chi connectivity index (χ4v) is 3.29. The number of rotatable bonds is 2. The minimum Gasteiger partial charge on any atom is -0.253 e. The molecule has 0 bridgehead atoms. The highest BCUT2D eigenvalue weighted by Crippen LogP contribution is 2.39. The lowest BCUT2D eigenvalue weighted by atomic mass is 9.77. The van der Waals surface area contributed by atoms with Gasteiger partial charge in [-0.1, -0.05) is 13.8 Å². The highest BCUT2D eigenvalue weighted by molar-refractivity contribution is 7.09. The van der Waals surface area contributed by atoms with Gasteiger partial charge in [0, 0.05) is 11.1 Å². The topological polar surface area (TPSA) is 12.9 Å². The summed E-state index contributed by atoms with van der Waals surface area (Å²) in [5.74, 6) is 2.66. The van der Waals surface area contributed by atoms with E-state index in [1.165, 1.54) is 30.6 Å². The predicted molar refractivity (Wildman–Crippen MR) is 61.7 cm³/mol. The largest absolute Gasteiger partial charge is 0.253 e. The molecule has 0 spiro atoms. The fraction of sp³-hybridized carbons (Fsp3) is 0.750. The van der Waals surface area contributed by atoms with Gasteiger partial charge in [-0.05, 0) is 43.4 Å². The van der Waals surface area contributed by atoms with Crippen LogP contribution in [0.1, 0.15) is 50.3 Å². The van der Waals surface area contributed by atoms with E-state index in [1.54, 1.807) is 0 Å². The first-order valence-corrected chi connectivity index (χ1v) is 6.53. The van der Waals surface area contributed by atoms with E-state index in [0.717, 1.165) is 17.8 Å². The van der Waals surface area contributed by atoms with Crippen molar-refractivity contribution in [1.29, 1.82) is 0 Å². The molecule has 1 aromatic rings. The van der Waals surface area contributed by atoms with Gasteiger partial charge in [0.1, 0.15) is 0 Å². The summed E-state index contributed by atoms with van der Waals surface area (Å²) in [6.45, 7) is 4.72. The molecule has 0 aliphatic heterocycles. The van der Waals surface area contributed by atoms with Crippen LogP contribution in [0.15, 0.2) is 11.7 Å². The molecular formula is C12H19NS. The Balaban J connectivity index is 1.90. The molecule has 1 aromatic heterocycles. The zero-order chi connectivity index (χ0) is 9.97. The van der Waals surface area contributed by atoms with E-state index in [0.29, 0.717) is 0 Å². The number of nitrogens with zero attached hydrogens (tertiary/aromatic N) is 1. The van der Waals surface area contributed by atoms with Crippen LogP contribution in [0.2, 0.25) is 0 Å². The van der Waals surface area contributed by atoms with Crippen LogP contribution in [-0.2, 0) is 0 Å². The molecule has 1 heterocycles. The summed E-state index contributed by atoms with van der Waals surface area (Å²) in [7, 11) is 0. The summed E-state index contributed by atoms with van der Waals surface area (Å²) >= 11 is 1.83. The summed E-state index contributed by atoms with van der Waals surface area (Å²) in [5, 5.41) is 0. The van der Waals surface area contributed by atoms with Crippen LogP contribution in [-0.4, -0.2) is 4.98 Å². The van der Waals surface area contributed by atoms with Crippen molar-refractivity contribution in [2.45, 2.75) is 45.4 Å². The summed E-state index contributed by atoms with van der Waals surface area (Å²) in [6, 6.07) is 0. The Morgan fingerprint density at radius 1 is 1.29 bits per heavy atom. The molecule has 0 radical (unpaired) electrons. The molecule has 0 saturated heterocycles. The molecule has 0 amide bonds. The molecule has 0 unspecified atom stereocenters. The number of hydrogen-bond acceptors (Lipinski definition) is 2. The van der Waals surface area contributed by atoms with Gasteiger partial charge in [-0.25, -0.2) is 0 Å². The molecule has 1 saturated carbocycles. The Kier molecular flexibility index (Phi) is 3.22. The van der Waals surface area contributed by atoms with Gasteiger partial charge in [0.15, 0.2) is 0 Å². The molecule has 1 fully saturated rings. The Labute approximate surface area is 90.6 Å². The third kappa shape index (κ3) is 2.17. The van der Waals surface area contributed by atoms with E-state index >= 15 is 0 Å². The molecule has 14 heavy (non-hydrogen) atoms. The second-order valence-electron chi connectivity index (χ2n) is 4.76. The zero-order valence-corrected chi connectivity index (χ0v) is 9.89. The van der Waals surface area contributed by atoms with Crippen LogP contribution < -0.4 is 0 Å². The first-order valence-electron chi connectivity index (χ1n) is 5.65. The van der Waals surface area contributed by atoms with Crippen LogP contribution in [0, 0.1) is 11.8 Å². The maximum absolute atomic E-state index is 4.17. The van der Waals surface area contributed by atoms with Gasteiger partial charge in [-0.15, -0.1) is 11.3 Å². The molecule has 1 aliphatic rings. The van der Waals surface area contributed by atoms with Crippen molar-refractivity contribution in [3.8, 4) is 0 Å². The number of hydrogen-bond donors (Lipinski definition) is 0. The Morgan fingerprint density at radius 2 is 2.00 bits per heavy atom. The summed E-state index contributed by atoms with van der Waals surface area (Å²) in [4.78, 5) is 5.68.